The van der Waals surface area contributed by atoms with Gasteiger partial charge in [0.05, 0.1) is 0 Å². The molecule has 0 heterocycles. The molecular formula is C10H22O3Si. The second-order valence-corrected chi connectivity index (χ2v) is 7.24. The van der Waals surface area contributed by atoms with Crippen LogP contribution in [0.2, 0.25) is 5.54 Å². The zero-order chi connectivity index (χ0) is 10.6. The average Bonchev–Trinajstić information content (AvgIpc) is 2.67. The topological polar surface area (TPSA) is 27.7 Å². The Labute approximate surface area is 88.1 Å². The highest BCUT2D eigenvalue weighted by Crippen LogP contribution is 2.40. The summed E-state index contributed by atoms with van der Waals surface area (Å²) in [7, 11) is 1.06. The molecule has 0 bridgehead atoms. The highest BCUT2D eigenvalue weighted by molar-refractivity contribution is 6.62. The van der Waals surface area contributed by atoms with Gasteiger partial charge in [-0.25, -0.2) is 0 Å². The van der Waals surface area contributed by atoms with Crippen molar-refractivity contribution in [2.45, 2.75) is 51.2 Å². The third-order valence-electron chi connectivity index (χ3n) is 2.82. The Balaban J connectivity index is 2.67. The van der Waals surface area contributed by atoms with Crippen molar-refractivity contribution in [3.8, 4) is 0 Å². The lowest BCUT2D eigenvalue weighted by Gasteiger charge is -2.33. The molecule has 0 aliphatic heterocycles. The van der Waals surface area contributed by atoms with Crippen LogP contribution >= 0.6 is 0 Å². The first-order valence-corrected chi connectivity index (χ1v) is 7.23. The molecule has 1 saturated carbocycles. The van der Waals surface area contributed by atoms with E-state index in [1.165, 1.54) is 25.7 Å². The summed E-state index contributed by atoms with van der Waals surface area (Å²) in [6.45, 7) is 4.07. The van der Waals surface area contributed by atoms with Crippen molar-refractivity contribution >= 4 is 8.80 Å². The summed E-state index contributed by atoms with van der Waals surface area (Å²) in [6, 6.07) is 0. The second kappa shape index (κ2) is 5.26. The third-order valence-corrected chi connectivity index (χ3v) is 6.34. The van der Waals surface area contributed by atoms with E-state index < -0.39 is 8.80 Å². The lowest BCUT2D eigenvalue weighted by atomic mass is 10.4. The normalized spacial score (nSPS) is 19.5. The summed E-state index contributed by atoms with van der Waals surface area (Å²) in [6.07, 6.45) is 5.14. The first-order chi connectivity index (χ1) is 6.64. The number of hydrogen-bond donors (Lipinski definition) is 0. The molecule has 0 spiro atoms. The molecule has 0 saturated heterocycles. The van der Waals surface area contributed by atoms with Crippen LogP contribution in [0.5, 0.6) is 0 Å². The van der Waals surface area contributed by atoms with Crippen LogP contribution in [-0.2, 0) is 13.3 Å². The highest BCUT2D eigenvalue weighted by Gasteiger charge is 2.49. The van der Waals surface area contributed by atoms with Crippen LogP contribution < -0.4 is 0 Å². The van der Waals surface area contributed by atoms with Crippen molar-refractivity contribution < 1.29 is 13.3 Å². The minimum Gasteiger partial charge on any atom is -0.377 e. The van der Waals surface area contributed by atoms with E-state index in [1.807, 2.05) is 13.8 Å². The molecule has 0 amide bonds. The van der Waals surface area contributed by atoms with Crippen molar-refractivity contribution in [2.24, 2.45) is 0 Å². The predicted octanol–water partition coefficient (Wildman–Crippen LogP) is 2.59. The molecule has 0 unspecified atom stereocenters. The van der Waals surface area contributed by atoms with Crippen LogP contribution in [0, 0.1) is 0 Å². The van der Waals surface area contributed by atoms with Gasteiger partial charge < -0.3 is 13.3 Å². The molecular weight excluding hydrogens is 196 g/mol. The van der Waals surface area contributed by atoms with Gasteiger partial charge >= 0.3 is 8.80 Å². The summed E-state index contributed by atoms with van der Waals surface area (Å²) in [5.74, 6) is 0. The van der Waals surface area contributed by atoms with Crippen LogP contribution in [0.15, 0.2) is 0 Å². The van der Waals surface area contributed by atoms with E-state index >= 15 is 0 Å². The molecule has 0 atom stereocenters. The van der Waals surface area contributed by atoms with Gasteiger partial charge in [0.1, 0.15) is 0 Å². The molecule has 0 aromatic carbocycles. The second-order valence-electron chi connectivity index (χ2n) is 4.16. The fraction of sp³-hybridized carbons (Fsp3) is 1.00. The maximum atomic E-state index is 5.91. The molecule has 0 aromatic heterocycles. The standard InChI is InChI=1S/C10H22O3Si/c1-9(2)13-14(11-3,12-4)10-7-5-6-8-10/h9-10H,5-8H2,1-4H3. The van der Waals surface area contributed by atoms with Gasteiger partial charge in [-0.3, -0.25) is 0 Å². The number of rotatable bonds is 5. The zero-order valence-corrected chi connectivity index (χ0v) is 10.7. The van der Waals surface area contributed by atoms with Gasteiger partial charge in [-0.05, 0) is 26.7 Å². The van der Waals surface area contributed by atoms with E-state index in [-0.39, 0.29) is 6.10 Å². The van der Waals surface area contributed by atoms with Crippen LogP contribution in [-0.4, -0.2) is 29.1 Å². The van der Waals surface area contributed by atoms with Crippen molar-refractivity contribution in [2.75, 3.05) is 14.2 Å². The Morgan fingerprint density at radius 2 is 1.57 bits per heavy atom. The first kappa shape index (κ1) is 12.2. The van der Waals surface area contributed by atoms with Crippen LogP contribution in [0.25, 0.3) is 0 Å². The minimum absolute atomic E-state index is 0.183. The first-order valence-electron chi connectivity index (χ1n) is 5.42. The molecule has 84 valence electrons. The van der Waals surface area contributed by atoms with Crippen LogP contribution in [0.1, 0.15) is 39.5 Å². The number of hydrogen-bond acceptors (Lipinski definition) is 3. The molecule has 0 N–H and O–H groups in total. The average molecular weight is 218 g/mol. The molecule has 0 aromatic rings. The maximum Gasteiger partial charge on any atom is 0.503 e. The van der Waals surface area contributed by atoms with Crippen molar-refractivity contribution in [1.82, 2.24) is 0 Å². The lowest BCUT2D eigenvalue weighted by molar-refractivity contribution is 0.0604. The fourth-order valence-corrected chi connectivity index (χ4v) is 5.21. The lowest BCUT2D eigenvalue weighted by Crippen LogP contribution is -2.49. The van der Waals surface area contributed by atoms with Gasteiger partial charge in [-0.1, -0.05) is 12.8 Å². The van der Waals surface area contributed by atoms with Gasteiger partial charge in [-0.2, -0.15) is 0 Å². The Bertz CT molecular complexity index is 163. The summed E-state index contributed by atoms with van der Waals surface area (Å²) in [5.41, 5.74) is 0.514. The Hall–Kier alpha value is 0.0969. The zero-order valence-electron chi connectivity index (χ0n) is 9.71. The maximum absolute atomic E-state index is 5.91. The quantitative estimate of drug-likeness (QED) is 0.664. The van der Waals surface area contributed by atoms with E-state index in [0.717, 1.165) is 0 Å². The molecule has 3 nitrogen and oxygen atoms in total. The van der Waals surface area contributed by atoms with Crippen molar-refractivity contribution in [3.63, 3.8) is 0 Å². The monoisotopic (exact) mass is 218 g/mol. The molecule has 4 heteroatoms. The molecule has 1 aliphatic rings. The van der Waals surface area contributed by atoms with Crippen LogP contribution in [0.3, 0.4) is 0 Å². The largest absolute Gasteiger partial charge is 0.503 e. The summed E-state index contributed by atoms with van der Waals surface area (Å²) < 4.78 is 17.1. The van der Waals surface area contributed by atoms with Gasteiger partial charge in [0.2, 0.25) is 0 Å². The van der Waals surface area contributed by atoms with E-state index in [1.54, 1.807) is 14.2 Å². The van der Waals surface area contributed by atoms with Gasteiger partial charge in [-0.15, -0.1) is 0 Å². The van der Waals surface area contributed by atoms with Gasteiger partial charge in [0.15, 0.2) is 0 Å². The molecule has 1 fully saturated rings. The Morgan fingerprint density at radius 3 is 1.93 bits per heavy atom. The van der Waals surface area contributed by atoms with Crippen molar-refractivity contribution in [3.05, 3.63) is 0 Å². The third kappa shape index (κ3) is 2.57. The summed E-state index contributed by atoms with van der Waals surface area (Å²) >= 11 is 0. The summed E-state index contributed by atoms with van der Waals surface area (Å²) in [5, 5.41) is 0. The molecule has 1 aliphatic carbocycles. The van der Waals surface area contributed by atoms with E-state index in [0.29, 0.717) is 5.54 Å². The van der Waals surface area contributed by atoms with E-state index in [2.05, 4.69) is 0 Å². The van der Waals surface area contributed by atoms with E-state index in [9.17, 15) is 0 Å². The molecule has 1 rings (SSSR count). The Morgan fingerprint density at radius 1 is 1.07 bits per heavy atom. The SMILES string of the molecule is CO[Si](OC)(OC(C)C)C1CCCC1. The molecule has 14 heavy (non-hydrogen) atoms. The van der Waals surface area contributed by atoms with Gasteiger partial charge in [0.25, 0.3) is 0 Å². The van der Waals surface area contributed by atoms with Crippen LogP contribution in [0.4, 0.5) is 0 Å². The fourth-order valence-electron chi connectivity index (χ4n) is 2.22. The smallest absolute Gasteiger partial charge is 0.377 e. The minimum atomic E-state index is -2.37. The predicted molar refractivity (Wildman–Crippen MR) is 58.2 cm³/mol. The van der Waals surface area contributed by atoms with Gasteiger partial charge in [0, 0.05) is 25.9 Å². The Kier molecular flexibility index (Phi) is 4.57. The van der Waals surface area contributed by atoms with Crippen molar-refractivity contribution in [1.29, 1.82) is 0 Å². The summed E-state index contributed by atoms with van der Waals surface area (Å²) in [4.78, 5) is 0. The highest BCUT2D eigenvalue weighted by atomic mass is 28.4. The molecule has 0 radical (unpaired) electrons. The van der Waals surface area contributed by atoms with E-state index in [4.69, 9.17) is 13.3 Å².